The molecule has 2 aromatic rings. The van der Waals surface area contributed by atoms with Gasteiger partial charge in [-0.05, 0) is 71.8 Å². The van der Waals surface area contributed by atoms with E-state index in [0.29, 0.717) is 0 Å². The van der Waals surface area contributed by atoms with Gasteiger partial charge in [-0.15, -0.1) is 0 Å². The van der Waals surface area contributed by atoms with Crippen LogP contribution in [0.2, 0.25) is 0 Å². The molecular formula is C27H38O3S. The van der Waals surface area contributed by atoms with Gasteiger partial charge in [-0.2, -0.15) is 8.42 Å². The van der Waals surface area contributed by atoms with E-state index in [2.05, 4.69) is 59.7 Å². The van der Waals surface area contributed by atoms with Gasteiger partial charge in [0.05, 0.1) is 11.0 Å². The number of benzene rings is 2. The standard InChI is InChI=1S/C27H38O3S/c1-19-11-13-24(14-12-19)31(28,29)30-25-10-8-9-21(25)15-20-16-22(26(2,3)4)18-23(17-20)27(5,6)7/h11-14,16-18,21,25H,8-10,15H2,1-7H3/t21-,25-/m1/s1. The lowest BCUT2D eigenvalue weighted by atomic mass is 9.78. The quantitative estimate of drug-likeness (QED) is 0.484. The molecule has 3 rings (SSSR count). The first-order valence-corrected chi connectivity index (χ1v) is 12.8. The molecule has 1 aliphatic carbocycles. The molecule has 0 bridgehead atoms. The first kappa shape index (κ1) is 24.0. The van der Waals surface area contributed by atoms with Gasteiger partial charge in [-0.3, -0.25) is 4.18 Å². The maximum Gasteiger partial charge on any atom is 0.297 e. The number of hydrogen-bond donors (Lipinski definition) is 0. The Morgan fingerprint density at radius 3 is 1.94 bits per heavy atom. The van der Waals surface area contributed by atoms with E-state index >= 15 is 0 Å². The van der Waals surface area contributed by atoms with Crippen molar-refractivity contribution in [2.45, 2.75) is 96.0 Å². The molecule has 31 heavy (non-hydrogen) atoms. The summed E-state index contributed by atoms with van der Waals surface area (Å²) >= 11 is 0. The topological polar surface area (TPSA) is 43.4 Å². The zero-order chi connectivity index (χ0) is 23.0. The Morgan fingerprint density at radius 1 is 0.871 bits per heavy atom. The number of rotatable bonds is 5. The summed E-state index contributed by atoms with van der Waals surface area (Å²) in [6.07, 6.45) is 3.38. The summed E-state index contributed by atoms with van der Waals surface area (Å²) in [6.45, 7) is 15.4. The van der Waals surface area contributed by atoms with E-state index in [1.54, 1.807) is 12.1 Å². The molecule has 0 aliphatic heterocycles. The van der Waals surface area contributed by atoms with Crippen LogP contribution in [0.25, 0.3) is 0 Å². The molecule has 0 saturated heterocycles. The maximum absolute atomic E-state index is 12.8. The van der Waals surface area contributed by atoms with E-state index in [4.69, 9.17) is 4.18 Å². The maximum atomic E-state index is 12.8. The monoisotopic (exact) mass is 442 g/mol. The van der Waals surface area contributed by atoms with Gasteiger partial charge in [0.15, 0.2) is 0 Å². The number of hydrogen-bond acceptors (Lipinski definition) is 3. The molecule has 0 radical (unpaired) electrons. The Balaban J connectivity index is 1.84. The minimum absolute atomic E-state index is 0.0658. The molecule has 1 aliphatic rings. The Bertz CT molecular complexity index is 974. The predicted molar refractivity (Wildman–Crippen MR) is 128 cm³/mol. The zero-order valence-electron chi connectivity index (χ0n) is 20.2. The fourth-order valence-corrected chi connectivity index (χ4v) is 5.42. The molecule has 170 valence electrons. The van der Waals surface area contributed by atoms with Gasteiger partial charge < -0.3 is 0 Å². The van der Waals surface area contributed by atoms with Crippen LogP contribution in [0.3, 0.4) is 0 Å². The van der Waals surface area contributed by atoms with Crippen LogP contribution in [0, 0.1) is 12.8 Å². The highest BCUT2D eigenvalue weighted by atomic mass is 32.2. The fourth-order valence-electron chi connectivity index (χ4n) is 4.26. The van der Waals surface area contributed by atoms with E-state index in [-0.39, 0.29) is 27.7 Å². The summed E-state index contributed by atoms with van der Waals surface area (Å²) in [5.41, 5.74) is 5.11. The van der Waals surface area contributed by atoms with Crippen molar-refractivity contribution in [3.8, 4) is 0 Å². The van der Waals surface area contributed by atoms with E-state index < -0.39 is 10.1 Å². The van der Waals surface area contributed by atoms with Gasteiger partial charge in [0.25, 0.3) is 10.1 Å². The van der Waals surface area contributed by atoms with Crippen molar-refractivity contribution in [1.82, 2.24) is 0 Å². The van der Waals surface area contributed by atoms with Crippen molar-refractivity contribution in [2.24, 2.45) is 5.92 Å². The first-order valence-electron chi connectivity index (χ1n) is 11.4. The predicted octanol–water partition coefficient (Wildman–Crippen LogP) is 6.71. The van der Waals surface area contributed by atoms with Crippen LogP contribution in [0.5, 0.6) is 0 Å². The van der Waals surface area contributed by atoms with Crippen LogP contribution in [0.4, 0.5) is 0 Å². The third kappa shape index (κ3) is 5.98. The molecule has 0 heterocycles. The molecule has 0 aromatic heterocycles. The molecule has 0 spiro atoms. The molecule has 2 aromatic carbocycles. The smallest absolute Gasteiger partial charge is 0.263 e. The highest BCUT2D eigenvalue weighted by Gasteiger charge is 2.33. The third-order valence-corrected chi connectivity index (χ3v) is 7.72. The van der Waals surface area contributed by atoms with Crippen LogP contribution in [-0.4, -0.2) is 14.5 Å². The van der Waals surface area contributed by atoms with Crippen molar-refractivity contribution in [1.29, 1.82) is 0 Å². The molecular weight excluding hydrogens is 404 g/mol. The summed E-state index contributed by atoms with van der Waals surface area (Å²) in [5, 5.41) is 0. The second-order valence-electron chi connectivity index (χ2n) is 11.2. The van der Waals surface area contributed by atoms with Crippen LogP contribution in [-0.2, 0) is 31.6 Å². The average molecular weight is 443 g/mol. The molecule has 0 unspecified atom stereocenters. The van der Waals surface area contributed by atoms with Gasteiger partial charge in [-0.1, -0.05) is 83.9 Å². The highest BCUT2D eigenvalue weighted by molar-refractivity contribution is 7.86. The Morgan fingerprint density at radius 2 is 1.42 bits per heavy atom. The van der Waals surface area contributed by atoms with Gasteiger partial charge in [0.1, 0.15) is 0 Å². The molecule has 0 amide bonds. The van der Waals surface area contributed by atoms with Gasteiger partial charge in [0, 0.05) is 0 Å². The Hall–Kier alpha value is -1.65. The molecule has 0 N–H and O–H groups in total. The SMILES string of the molecule is Cc1ccc(S(=O)(=O)O[C@@H]2CCC[C@@H]2Cc2cc(C(C)(C)C)cc(C(C)(C)C)c2)cc1. The minimum atomic E-state index is -3.75. The van der Waals surface area contributed by atoms with Crippen LogP contribution in [0.1, 0.15) is 83.1 Å². The summed E-state index contributed by atoms with van der Waals surface area (Å²) in [5.74, 6) is 0.211. The molecule has 2 atom stereocenters. The normalized spacial score (nSPS) is 20.2. The number of aryl methyl sites for hydroxylation is 1. The molecule has 4 heteroatoms. The van der Waals surface area contributed by atoms with E-state index in [1.807, 2.05) is 19.1 Å². The van der Waals surface area contributed by atoms with Crippen LogP contribution >= 0.6 is 0 Å². The molecule has 3 nitrogen and oxygen atoms in total. The van der Waals surface area contributed by atoms with Gasteiger partial charge in [-0.25, -0.2) is 0 Å². The van der Waals surface area contributed by atoms with E-state index in [9.17, 15) is 8.42 Å². The first-order chi connectivity index (χ1) is 14.3. The molecule has 1 saturated carbocycles. The lowest BCUT2D eigenvalue weighted by Crippen LogP contribution is -2.24. The van der Waals surface area contributed by atoms with Gasteiger partial charge in [0.2, 0.25) is 0 Å². The van der Waals surface area contributed by atoms with Crippen molar-refractivity contribution in [2.75, 3.05) is 0 Å². The fraction of sp³-hybridized carbons (Fsp3) is 0.556. The second-order valence-corrected chi connectivity index (χ2v) is 12.8. The van der Waals surface area contributed by atoms with E-state index in [0.717, 1.165) is 31.2 Å². The third-order valence-electron chi connectivity index (χ3n) is 6.37. The zero-order valence-corrected chi connectivity index (χ0v) is 21.0. The summed E-state index contributed by atoms with van der Waals surface area (Å²) < 4.78 is 31.5. The van der Waals surface area contributed by atoms with Crippen LogP contribution in [0.15, 0.2) is 47.4 Å². The summed E-state index contributed by atoms with van der Waals surface area (Å²) in [7, 11) is -3.75. The average Bonchev–Trinajstić information content (AvgIpc) is 3.06. The molecule has 1 fully saturated rings. The van der Waals surface area contributed by atoms with Crippen molar-refractivity contribution >= 4 is 10.1 Å². The largest absolute Gasteiger partial charge is 0.297 e. The minimum Gasteiger partial charge on any atom is -0.263 e. The van der Waals surface area contributed by atoms with Crippen molar-refractivity contribution in [3.63, 3.8) is 0 Å². The van der Waals surface area contributed by atoms with Crippen molar-refractivity contribution in [3.05, 3.63) is 64.7 Å². The Kier molecular flexibility index (Phi) is 6.74. The lowest BCUT2D eigenvalue weighted by Gasteiger charge is -2.27. The van der Waals surface area contributed by atoms with E-state index in [1.165, 1.54) is 16.7 Å². The summed E-state index contributed by atoms with van der Waals surface area (Å²) in [6, 6.07) is 13.8. The van der Waals surface area contributed by atoms with Gasteiger partial charge >= 0.3 is 0 Å². The summed E-state index contributed by atoms with van der Waals surface area (Å²) in [4.78, 5) is 0.244. The van der Waals surface area contributed by atoms with Crippen molar-refractivity contribution < 1.29 is 12.6 Å². The highest BCUT2D eigenvalue weighted by Crippen LogP contribution is 2.36. The Labute approximate surface area is 189 Å². The lowest BCUT2D eigenvalue weighted by molar-refractivity contribution is 0.166. The van der Waals surface area contributed by atoms with Crippen LogP contribution < -0.4 is 0 Å². The second kappa shape index (κ2) is 8.71.